The molecule has 0 aromatic heterocycles. The molecule has 6 heteroatoms. The third-order valence-electron chi connectivity index (χ3n) is 2.46. The summed E-state index contributed by atoms with van der Waals surface area (Å²) in [6.45, 7) is 4.74. The second-order valence-electron chi connectivity index (χ2n) is 3.86. The third-order valence-corrected chi connectivity index (χ3v) is 3.94. The summed E-state index contributed by atoms with van der Waals surface area (Å²) in [6, 6.07) is 6.56. The highest BCUT2D eigenvalue weighted by molar-refractivity contribution is 7.89. The van der Waals surface area contributed by atoms with Crippen molar-refractivity contribution in [1.82, 2.24) is 4.72 Å². The highest BCUT2D eigenvalue weighted by Crippen LogP contribution is 2.12. The lowest BCUT2D eigenvalue weighted by Crippen LogP contribution is -2.27. The standard InChI is InChI=1S/C13H20N2O3S/c1-3-4-10-18-11-9-15-19(16,17)13-7-5-12(14-2)6-8-13/h3,5-8,14-15H,1,4,9-11H2,2H3. The number of nitrogens with one attached hydrogen (secondary N) is 2. The van der Waals surface area contributed by atoms with Crippen molar-refractivity contribution < 1.29 is 13.2 Å². The molecule has 0 atom stereocenters. The van der Waals surface area contributed by atoms with E-state index in [0.717, 1.165) is 12.1 Å². The Balaban J connectivity index is 2.44. The largest absolute Gasteiger partial charge is 0.388 e. The average molecular weight is 284 g/mol. The first-order chi connectivity index (χ1) is 9.10. The van der Waals surface area contributed by atoms with E-state index in [0.29, 0.717) is 13.2 Å². The van der Waals surface area contributed by atoms with Gasteiger partial charge in [-0.05, 0) is 30.7 Å². The SMILES string of the molecule is C=CCCOCCNS(=O)(=O)c1ccc(NC)cc1. The predicted molar refractivity (Wildman–Crippen MR) is 76.8 cm³/mol. The number of hydrogen-bond donors (Lipinski definition) is 2. The van der Waals surface area contributed by atoms with E-state index in [-0.39, 0.29) is 11.4 Å². The van der Waals surface area contributed by atoms with Crippen LogP contribution in [0.3, 0.4) is 0 Å². The zero-order valence-electron chi connectivity index (χ0n) is 11.1. The normalized spacial score (nSPS) is 11.2. The van der Waals surface area contributed by atoms with Gasteiger partial charge in [0.1, 0.15) is 0 Å². The third kappa shape index (κ3) is 5.42. The molecular formula is C13H20N2O3S. The van der Waals surface area contributed by atoms with Crippen LogP contribution in [0.1, 0.15) is 6.42 Å². The molecule has 19 heavy (non-hydrogen) atoms. The minimum atomic E-state index is -3.46. The van der Waals surface area contributed by atoms with E-state index in [1.807, 2.05) is 0 Å². The molecule has 1 aromatic rings. The van der Waals surface area contributed by atoms with Gasteiger partial charge >= 0.3 is 0 Å². The summed E-state index contributed by atoms with van der Waals surface area (Å²) in [5, 5.41) is 2.93. The minimum Gasteiger partial charge on any atom is -0.388 e. The van der Waals surface area contributed by atoms with Crippen LogP contribution in [0.2, 0.25) is 0 Å². The van der Waals surface area contributed by atoms with Gasteiger partial charge in [0.2, 0.25) is 10.0 Å². The second kappa shape index (κ2) is 7.93. The van der Waals surface area contributed by atoms with Crippen LogP contribution < -0.4 is 10.0 Å². The fraction of sp³-hybridized carbons (Fsp3) is 0.385. The summed E-state index contributed by atoms with van der Waals surface area (Å²) < 4.78 is 31.6. The van der Waals surface area contributed by atoms with Crippen LogP contribution in [0.5, 0.6) is 0 Å². The maximum absolute atomic E-state index is 11.9. The van der Waals surface area contributed by atoms with Gasteiger partial charge < -0.3 is 10.1 Å². The molecule has 2 N–H and O–H groups in total. The van der Waals surface area contributed by atoms with Gasteiger partial charge in [-0.3, -0.25) is 0 Å². The quantitative estimate of drug-likeness (QED) is 0.534. The van der Waals surface area contributed by atoms with Crippen molar-refractivity contribution in [1.29, 1.82) is 0 Å². The number of benzene rings is 1. The molecule has 0 fully saturated rings. The Morgan fingerprint density at radius 2 is 1.95 bits per heavy atom. The van der Waals surface area contributed by atoms with Crippen LogP contribution in [0.25, 0.3) is 0 Å². The van der Waals surface area contributed by atoms with Gasteiger partial charge in [-0.1, -0.05) is 6.08 Å². The van der Waals surface area contributed by atoms with E-state index in [2.05, 4.69) is 16.6 Å². The summed E-state index contributed by atoms with van der Waals surface area (Å²) in [6.07, 6.45) is 2.52. The molecule has 0 radical (unpaired) electrons. The highest BCUT2D eigenvalue weighted by Gasteiger charge is 2.12. The summed E-state index contributed by atoms with van der Waals surface area (Å²) >= 11 is 0. The predicted octanol–water partition coefficient (Wildman–Crippen LogP) is 1.60. The molecule has 0 heterocycles. The van der Waals surface area contributed by atoms with E-state index >= 15 is 0 Å². The first-order valence-electron chi connectivity index (χ1n) is 6.06. The number of hydrogen-bond acceptors (Lipinski definition) is 4. The molecule has 5 nitrogen and oxygen atoms in total. The summed E-state index contributed by atoms with van der Waals surface area (Å²) in [4.78, 5) is 0.248. The van der Waals surface area contributed by atoms with E-state index in [1.165, 1.54) is 0 Å². The van der Waals surface area contributed by atoms with Gasteiger partial charge in [0.05, 0.1) is 18.1 Å². The Bertz CT molecular complexity index is 483. The van der Waals surface area contributed by atoms with Crippen LogP contribution in [0.4, 0.5) is 5.69 Å². The van der Waals surface area contributed by atoms with E-state index in [1.54, 1.807) is 37.4 Å². The van der Waals surface area contributed by atoms with Crippen molar-refractivity contribution in [3.8, 4) is 0 Å². The van der Waals surface area contributed by atoms with Crippen molar-refractivity contribution in [3.05, 3.63) is 36.9 Å². The zero-order valence-corrected chi connectivity index (χ0v) is 11.9. The summed E-state index contributed by atoms with van der Waals surface area (Å²) in [5.74, 6) is 0. The molecule has 0 bridgehead atoms. The van der Waals surface area contributed by atoms with Gasteiger partial charge in [-0.2, -0.15) is 0 Å². The fourth-order valence-electron chi connectivity index (χ4n) is 1.40. The molecule has 0 amide bonds. The maximum atomic E-state index is 11.9. The Labute approximate surface area is 114 Å². The Kier molecular flexibility index (Phi) is 6.55. The van der Waals surface area contributed by atoms with Crippen molar-refractivity contribution in [3.63, 3.8) is 0 Å². The van der Waals surface area contributed by atoms with Gasteiger partial charge in [-0.25, -0.2) is 13.1 Å². The summed E-state index contributed by atoms with van der Waals surface area (Å²) in [5.41, 5.74) is 0.867. The molecule has 0 aliphatic rings. The van der Waals surface area contributed by atoms with Gasteiger partial charge in [-0.15, -0.1) is 6.58 Å². The van der Waals surface area contributed by atoms with Gasteiger partial charge in [0, 0.05) is 19.3 Å². The zero-order chi connectivity index (χ0) is 14.1. The molecule has 0 unspecified atom stereocenters. The molecule has 0 aliphatic heterocycles. The van der Waals surface area contributed by atoms with Crippen LogP contribution in [-0.2, 0) is 14.8 Å². The number of anilines is 1. The fourth-order valence-corrected chi connectivity index (χ4v) is 2.41. The Hall–Kier alpha value is -1.37. The summed E-state index contributed by atoms with van der Waals surface area (Å²) in [7, 11) is -1.68. The monoisotopic (exact) mass is 284 g/mol. The lowest BCUT2D eigenvalue weighted by Gasteiger charge is -2.08. The van der Waals surface area contributed by atoms with E-state index in [4.69, 9.17) is 4.74 Å². The first-order valence-corrected chi connectivity index (χ1v) is 7.54. The molecule has 0 saturated heterocycles. The highest BCUT2D eigenvalue weighted by atomic mass is 32.2. The van der Waals surface area contributed by atoms with E-state index < -0.39 is 10.0 Å². The Morgan fingerprint density at radius 1 is 1.26 bits per heavy atom. The molecule has 0 spiro atoms. The topological polar surface area (TPSA) is 67.4 Å². The van der Waals surface area contributed by atoms with Crippen molar-refractivity contribution in [2.75, 3.05) is 32.1 Å². The van der Waals surface area contributed by atoms with Crippen molar-refractivity contribution in [2.24, 2.45) is 0 Å². The molecule has 0 saturated carbocycles. The van der Waals surface area contributed by atoms with Crippen LogP contribution in [0.15, 0.2) is 41.8 Å². The number of ether oxygens (including phenoxy) is 1. The van der Waals surface area contributed by atoms with Crippen molar-refractivity contribution in [2.45, 2.75) is 11.3 Å². The van der Waals surface area contributed by atoms with Crippen LogP contribution in [-0.4, -0.2) is 35.2 Å². The molecule has 106 valence electrons. The lowest BCUT2D eigenvalue weighted by atomic mass is 10.3. The molecule has 0 aliphatic carbocycles. The maximum Gasteiger partial charge on any atom is 0.240 e. The van der Waals surface area contributed by atoms with Crippen LogP contribution >= 0.6 is 0 Å². The minimum absolute atomic E-state index is 0.248. The number of rotatable bonds is 9. The van der Waals surface area contributed by atoms with Crippen molar-refractivity contribution >= 4 is 15.7 Å². The van der Waals surface area contributed by atoms with Gasteiger partial charge in [0.15, 0.2) is 0 Å². The van der Waals surface area contributed by atoms with E-state index in [9.17, 15) is 8.42 Å². The lowest BCUT2D eigenvalue weighted by molar-refractivity contribution is 0.144. The molecule has 1 aromatic carbocycles. The van der Waals surface area contributed by atoms with Crippen LogP contribution in [0, 0.1) is 0 Å². The number of sulfonamides is 1. The molecule has 1 rings (SSSR count). The first kappa shape index (κ1) is 15.7. The Morgan fingerprint density at radius 3 is 2.53 bits per heavy atom. The molecular weight excluding hydrogens is 264 g/mol. The average Bonchev–Trinajstić information content (AvgIpc) is 2.43. The smallest absolute Gasteiger partial charge is 0.240 e. The second-order valence-corrected chi connectivity index (χ2v) is 5.63. The van der Waals surface area contributed by atoms with Gasteiger partial charge in [0.25, 0.3) is 0 Å².